The van der Waals surface area contributed by atoms with E-state index in [2.05, 4.69) is 6.07 Å². The van der Waals surface area contributed by atoms with Gasteiger partial charge >= 0.3 is 0 Å². The molecule has 39 heavy (non-hydrogen) atoms. The van der Waals surface area contributed by atoms with Crippen molar-refractivity contribution in [2.45, 2.75) is 0 Å². The second-order valence-corrected chi connectivity index (χ2v) is 8.73. The van der Waals surface area contributed by atoms with Crippen LogP contribution in [0, 0.1) is 34.6 Å². The molecule has 0 radical (unpaired) electrons. The Morgan fingerprint density at radius 2 is 0.769 bits per heavy atom. The van der Waals surface area contributed by atoms with E-state index in [9.17, 15) is 5.26 Å². The van der Waals surface area contributed by atoms with Gasteiger partial charge in [-0.1, -0.05) is 72.8 Å². The lowest BCUT2D eigenvalue weighted by Gasteiger charge is -2.17. The number of nitriles is 3. The average Bonchev–Trinajstić information content (AvgIpc) is 2.98. The Labute approximate surface area is 223 Å². The highest BCUT2D eigenvalue weighted by Gasteiger charge is 2.18. The fourth-order valence-electron chi connectivity index (χ4n) is 5.26. The lowest BCUT2D eigenvalue weighted by Crippen LogP contribution is -1.93. The third-order valence-corrected chi connectivity index (χ3v) is 6.82. The number of hydrogen-bond acceptors (Lipinski definition) is 6. The summed E-state index contributed by atoms with van der Waals surface area (Å²) in [6.07, 6.45) is 5.35. The Bertz CT molecular complexity index is 2050. The van der Waals surface area contributed by atoms with Crippen molar-refractivity contribution in [3.05, 3.63) is 103 Å². The van der Waals surface area contributed by atoms with Crippen molar-refractivity contribution in [1.82, 2.24) is 0 Å². The fourth-order valence-corrected chi connectivity index (χ4v) is 5.26. The summed E-state index contributed by atoms with van der Waals surface area (Å²) in [6, 6.07) is 32.6. The summed E-state index contributed by atoms with van der Waals surface area (Å²) in [5, 5.41) is 32.8. The second-order valence-electron chi connectivity index (χ2n) is 8.73. The van der Waals surface area contributed by atoms with E-state index in [4.69, 9.17) is 24.7 Å². The van der Waals surface area contributed by atoms with Crippen LogP contribution in [0.5, 0.6) is 17.2 Å². The van der Waals surface area contributed by atoms with Crippen LogP contribution in [-0.2, 0) is 0 Å². The van der Waals surface area contributed by atoms with Gasteiger partial charge < -0.3 is 14.2 Å². The van der Waals surface area contributed by atoms with Crippen LogP contribution < -0.4 is 14.2 Å². The van der Waals surface area contributed by atoms with Gasteiger partial charge in [-0.3, -0.25) is 0 Å². The molecule has 0 atom stereocenters. The smallest absolute Gasteiger partial charge is 0.292 e. The van der Waals surface area contributed by atoms with Crippen molar-refractivity contribution in [3.63, 3.8) is 0 Å². The molecular weight excluding hydrogens is 486 g/mol. The monoisotopic (exact) mass is 503 g/mol. The molecule has 6 nitrogen and oxygen atoms in total. The number of hydrogen-bond donors (Lipinski definition) is 0. The molecule has 0 saturated heterocycles. The molecule has 182 valence electrons. The quantitative estimate of drug-likeness (QED) is 0.221. The number of ether oxygens (including phenoxy) is 3. The molecule has 6 rings (SSSR count). The van der Waals surface area contributed by atoms with Crippen LogP contribution in [-0.4, -0.2) is 0 Å². The molecule has 0 bridgehead atoms. The highest BCUT2D eigenvalue weighted by atomic mass is 16.5. The van der Waals surface area contributed by atoms with Gasteiger partial charge in [-0.05, 0) is 68.7 Å². The lowest BCUT2D eigenvalue weighted by molar-refractivity contribution is 0.513. The number of benzene rings is 6. The zero-order valence-corrected chi connectivity index (χ0v) is 20.4. The summed E-state index contributed by atoms with van der Waals surface area (Å²) >= 11 is 0. The minimum atomic E-state index is 0.432. The molecule has 0 heterocycles. The van der Waals surface area contributed by atoms with Gasteiger partial charge in [0.15, 0.2) is 5.75 Å². The SMILES string of the molecule is N#COc1ccc(-c2ccc(-c3ccc(OC#N)c4ccccc34)c3c(OC#N)cccc23)c2ccccc12. The zero-order chi connectivity index (χ0) is 26.8. The van der Waals surface area contributed by atoms with Crippen LogP contribution in [0.1, 0.15) is 0 Å². The third kappa shape index (κ3) is 3.89. The van der Waals surface area contributed by atoms with Crippen LogP contribution in [0.3, 0.4) is 0 Å². The maximum absolute atomic E-state index is 9.46. The first kappa shape index (κ1) is 23.4. The normalized spacial score (nSPS) is 10.5. The van der Waals surface area contributed by atoms with Crippen molar-refractivity contribution in [2.75, 3.05) is 0 Å². The fraction of sp³-hybridized carbons (Fsp3) is 0. The van der Waals surface area contributed by atoms with Gasteiger partial charge in [0.05, 0.1) is 0 Å². The maximum atomic E-state index is 9.46. The van der Waals surface area contributed by atoms with E-state index in [-0.39, 0.29) is 0 Å². The largest absolute Gasteiger partial charge is 0.387 e. The molecule has 0 aliphatic rings. The predicted octanol–water partition coefficient (Wildman–Crippen LogP) is 8.06. The average molecular weight is 504 g/mol. The highest BCUT2D eigenvalue weighted by molar-refractivity contribution is 6.15. The second kappa shape index (κ2) is 9.79. The molecule has 0 amide bonds. The van der Waals surface area contributed by atoms with Gasteiger partial charge in [-0.15, -0.1) is 15.8 Å². The van der Waals surface area contributed by atoms with E-state index in [0.29, 0.717) is 17.2 Å². The van der Waals surface area contributed by atoms with E-state index in [1.54, 1.807) is 30.7 Å². The predicted molar refractivity (Wildman–Crippen MR) is 149 cm³/mol. The van der Waals surface area contributed by atoms with Crippen molar-refractivity contribution >= 4 is 32.3 Å². The van der Waals surface area contributed by atoms with Gasteiger partial charge in [0, 0.05) is 16.2 Å². The van der Waals surface area contributed by atoms with Crippen LogP contribution >= 0.6 is 0 Å². The highest BCUT2D eigenvalue weighted by Crippen LogP contribution is 2.45. The van der Waals surface area contributed by atoms with Crippen molar-refractivity contribution in [1.29, 1.82) is 15.8 Å². The topological polar surface area (TPSA) is 99.1 Å². The first-order chi connectivity index (χ1) is 19.2. The minimum absolute atomic E-state index is 0.432. The van der Waals surface area contributed by atoms with E-state index in [0.717, 1.165) is 54.6 Å². The van der Waals surface area contributed by atoms with Gasteiger partial charge in [0.2, 0.25) is 0 Å². The van der Waals surface area contributed by atoms with Crippen LogP contribution in [0.4, 0.5) is 0 Å². The molecule has 0 aromatic heterocycles. The standard InChI is InChI=1S/C33H17N3O3/c34-18-37-30-16-14-23(21-6-1-3-8-26(21)30)24-12-13-29(33-28(24)10-5-11-32(33)39-20-36)25-15-17-31(38-19-35)27-9-4-2-7-22(25)27/h1-17H. The molecule has 6 aromatic carbocycles. The maximum Gasteiger partial charge on any atom is 0.292 e. The van der Waals surface area contributed by atoms with Crippen molar-refractivity contribution in [3.8, 4) is 58.3 Å². The van der Waals surface area contributed by atoms with E-state index in [1.807, 2.05) is 85.1 Å². The molecule has 0 spiro atoms. The van der Waals surface area contributed by atoms with Gasteiger partial charge in [0.25, 0.3) is 18.8 Å². The van der Waals surface area contributed by atoms with E-state index in [1.165, 1.54) is 0 Å². The van der Waals surface area contributed by atoms with Crippen molar-refractivity contribution < 1.29 is 14.2 Å². The Balaban J connectivity index is 1.68. The summed E-state index contributed by atoms with van der Waals surface area (Å²) < 4.78 is 15.9. The molecular formula is C33H17N3O3. The molecule has 0 aliphatic carbocycles. The summed E-state index contributed by atoms with van der Waals surface area (Å²) in [5.41, 5.74) is 3.66. The Morgan fingerprint density at radius 3 is 1.33 bits per heavy atom. The van der Waals surface area contributed by atoms with Crippen LogP contribution in [0.25, 0.3) is 54.6 Å². The third-order valence-electron chi connectivity index (χ3n) is 6.82. The first-order valence-electron chi connectivity index (χ1n) is 12.0. The van der Waals surface area contributed by atoms with Crippen molar-refractivity contribution in [2.24, 2.45) is 0 Å². The molecule has 0 N–H and O–H groups in total. The lowest BCUT2D eigenvalue weighted by atomic mass is 9.88. The minimum Gasteiger partial charge on any atom is -0.387 e. The Morgan fingerprint density at radius 1 is 0.359 bits per heavy atom. The van der Waals surface area contributed by atoms with Crippen LogP contribution in [0.2, 0.25) is 0 Å². The Kier molecular flexibility index (Phi) is 5.87. The number of nitrogens with zero attached hydrogens (tertiary/aromatic N) is 3. The van der Waals surface area contributed by atoms with Gasteiger partial charge in [-0.2, -0.15) is 0 Å². The molecule has 6 aromatic rings. The number of fused-ring (bicyclic) bond motifs is 3. The van der Waals surface area contributed by atoms with Gasteiger partial charge in [0.1, 0.15) is 11.5 Å². The summed E-state index contributed by atoms with van der Waals surface area (Å²) in [4.78, 5) is 0. The van der Waals surface area contributed by atoms with E-state index >= 15 is 0 Å². The van der Waals surface area contributed by atoms with E-state index < -0.39 is 0 Å². The molecule has 6 heteroatoms. The molecule has 0 unspecified atom stereocenters. The zero-order valence-electron chi connectivity index (χ0n) is 20.4. The number of rotatable bonds is 5. The molecule has 0 aliphatic heterocycles. The summed E-state index contributed by atoms with van der Waals surface area (Å²) in [7, 11) is 0. The molecule has 0 fully saturated rings. The van der Waals surface area contributed by atoms with Crippen LogP contribution in [0.15, 0.2) is 103 Å². The first-order valence-corrected chi connectivity index (χ1v) is 12.0. The summed E-state index contributed by atoms with van der Waals surface area (Å²) in [5.74, 6) is 1.39. The Hall–Kier alpha value is -6.03. The summed E-state index contributed by atoms with van der Waals surface area (Å²) in [6.45, 7) is 0. The van der Waals surface area contributed by atoms with Gasteiger partial charge in [-0.25, -0.2) is 0 Å². The molecule has 0 saturated carbocycles.